The third kappa shape index (κ3) is 2.50. The van der Waals surface area contributed by atoms with Gasteiger partial charge in [-0.15, -0.1) is 0 Å². The van der Waals surface area contributed by atoms with Crippen molar-refractivity contribution in [1.82, 2.24) is 4.90 Å². The average molecular weight is 307 g/mol. The van der Waals surface area contributed by atoms with E-state index in [0.717, 1.165) is 29.2 Å². The van der Waals surface area contributed by atoms with Crippen LogP contribution in [0.2, 0.25) is 0 Å². The molecule has 2 aromatic carbocycles. The summed E-state index contributed by atoms with van der Waals surface area (Å²) in [6, 6.07) is 14.4. The zero-order chi connectivity index (χ0) is 15.8. The van der Waals surface area contributed by atoms with Crippen LogP contribution in [-0.4, -0.2) is 23.9 Å². The molecule has 1 aromatic heterocycles. The molecule has 3 heteroatoms. The van der Waals surface area contributed by atoms with Gasteiger partial charge in [-0.25, -0.2) is 0 Å². The summed E-state index contributed by atoms with van der Waals surface area (Å²) in [6.07, 6.45) is 5.92. The summed E-state index contributed by atoms with van der Waals surface area (Å²) in [5, 5.41) is 3.32. The topological polar surface area (TPSA) is 33.5 Å². The normalized spacial score (nSPS) is 16.0. The summed E-state index contributed by atoms with van der Waals surface area (Å²) in [4.78, 5) is 14.7. The highest BCUT2D eigenvalue weighted by Crippen LogP contribution is 2.29. The van der Waals surface area contributed by atoms with Crippen molar-refractivity contribution >= 4 is 27.6 Å². The number of benzene rings is 2. The summed E-state index contributed by atoms with van der Waals surface area (Å²) in [7, 11) is 1.91. The van der Waals surface area contributed by atoms with E-state index >= 15 is 0 Å². The molecule has 1 aliphatic carbocycles. The van der Waals surface area contributed by atoms with Crippen LogP contribution >= 0.6 is 0 Å². The second-order valence-corrected chi connectivity index (χ2v) is 6.52. The van der Waals surface area contributed by atoms with Gasteiger partial charge in [-0.1, -0.05) is 49.6 Å². The minimum Gasteiger partial charge on any atom is -0.451 e. The Morgan fingerprint density at radius 2 is 1.83 bits per heavy atom. The zero-order valence-electron chi connectivity index (χ0n) is 13.4. The van der Waals surface area contributed by atoms with Crippen molar-refractivity contribution in [3.05, 3.63) is 48.2 Å². The predicted molar refractivity (Wildman–Crippen MR) is 92.7 cm³/mol. The largest absolute Gasteiger partial charge is 0.451 e. The highest BCUT2D eigenvalue weighted by molar-refractivity contribution is 6.08. The van der Waals surface area contributed by atoms with Crippen molar-refractivity contribution in [3.63, 3.8) is 0 Å². The van der Waals surface area contributed by atoms with Gasteiger partial charge in [-0.2, -0.15) is 0 Å². The average Bonchev–Trinajstić information content (AvgIpc) is 3.06. The molecule has 0 bridgehead atoms. The summed E-state index contributed by atoms with van der Waals surface area (Å²) in [6.45, 7) is 0. The van der Waals surface area contributed by atoms with Crippen LogP contribution in [0.25, 0.3) is 21.7 Å². The first-order valence-electron chi connectivity index (χ1n) is 8.42. The lowest BCUT2D eigenvalue weighted by molar-refractivity contribution is 0.0666. The maximum atomic E-state index is 12.8. The summed E-state index contributed by atoms with van der Waals surface area (Å²) >= 11 is 0. The van der Waals surface area contributed by atoms with Crippen LogP contribution < -0.4 is 0 Å². The fourth-order valence-electron chi connectivity index (χ4n) is 3.71. The Bertz CT molecular complexity index is 858. The lowest BCUT2D eigenvalue weighted by Gasteiger charge is -2.30. The predicted octanol–water partition coefficient (Wildman–Crippen LogP) is 4.99. The maximum absolute atomic E-state index is 12.8. The van der Waals surface area contributed by atoms with Crippen molar-refractivity contribution in [1.29, 1.82) is 0 Å². The van der Waals surface area contributed by atoms with Crippen molar-refractivity contribution < 1.29 is 9.21 Å². The molecule has 0 radical (unpaired) electrons. The van der Waals surface area contributed by atoms with E-state index in [2.05, 4.69) is 12.1 Å². The van der Waals surface area contributed by atoms with Crippen molar-refractivity contribution in [2.75, 3.05) is 7.05 Å². The summed E-state index contributed by atoms with van der Waals surface area (Å²) < 4.78 is 5.86. The molecule has 0 spiro atoms. The van der Waals surface area contributed by atoms with Gasteiger partial charge in [0.2, 0.25) is 0 Å². The number of amides is 1. The Labute approximate surface area is 135 Å². The van der Waals surface area contributed by atoms with Crippen molar-refractivity contribution in [2.24, 2.45) is 0 Å². The number of carbonyl (C=O) groups is 1. The number of carbonyl (C=O) groups excluding carboxylic acids is 1. The van der Waals surface area contributed by atoms with Crippen LogP contribution in [0, 0.1) is 0 Å². The molecule has 0 aliphatic heterocycles. The molecule has 23 heavy (non-hydrogen) atoms. The van der Waals surface area contributed by atoms with Gasteiger partial charge in [0.25, 0.3) is 5.91 Å². The molecule has 1 heterocycles. The Balaban J connectivity index is 1.71. The van der Waals surface area contributed by atoms with Gasteiger partial charge in [0, 0.05) is 18.5 Å². The molecule has 3 nitrogen and oxygen atoms in total. The molecular weight excluding hydrogens is 286 g/mol. The van der Waals surface area contributed by atoms with Gasteiger partial charge in [-0.3, -0.25) is 4.79 Å². The van der Waals surface area contributed by atoms with Crippen LogP contribution in [0.1, 0.15) is 42.7 Å². The van der Waals surface area contributed by atoms with E-state index in [-0.39, 0.29) is 5.91 Å². The van der Waals surface area contributed by atoms with Crippen LogP contribution in [0.3, 0.4) is 0 Å². The molecule has 3 aromatic rings. The standard InChI is InChI=1S/C20H21NO2/c1-21(15-8-3-2-4-9-15)20(22)19-13-17-16-10-6-5-7-14(16)11-12-18(17)23-19/h5-7,10-13,15H,2-4,8-9H2,1H3. The first-order valence-corrected chi connectivity index (χ1v) is 8.42. The quantitative estimate of drug-likeness (QED) is 0.668. The Morgan fingerprint density at radius 3 is 2.65 bits per heavy atom. The Kier molecular flexibility index (Phi) is 3.56. The zero-order valence-corrected chi connectivity index (χ0v) is 13.4. The fraction of sp³-hybridized carbons (Fsp3) is 0.350. The summed E-state index contributed by atoms with van der Waals surface area (Å²) in [5.74, 6) is 0.446. The second kappa shape index (κ2) is 5.73. The fourth-order valence-corrected chi connectivity index (χ4v) is 3.71. The van der Waals surface area contributed by atoms with Crippen molar-refractivity contribution in [2.45, 2.75) is 38.1 Å². The number of rotatable bonds is 2. The van der Waals surface area contributed by atoms with Gasteiger partial charge in [0.1, 0.15) is 5.58 Å². The lowest BCUT2D eigenvalue weighted by atomic mass is 9.94. The van der Waals surface area contributed by atoms with E-state index in [1.54, 1.807) is 0 Å². The minimum atomic E-state index is -0.00261. The molecule has 1 aliphatic rings. The van der Waals surface area contributed by atoms with Gasteiger partial charge >= 0.3 is 0 Å². The SMILES string of the molecule is CN(C(=O)c1cc2c(ccc3ccccc32)o1)C1CCCCC1. The van der Waals surface area contributed by atoms with Gasteiger partial charge in [0.15, 0.2) is 5.76 Å². The Hall–Kier alpha value is -2.29. The highest BCUT2D eigenvalue weighted by atomic mass is 16.3. The highest BCUT2D eigenvalue weighted by Gasteiger charge is 2.25. The molecule has 4 rings (SSSR count). The summed E-state index contributed by atoms with van der Waals surface area (Å²) in [5.41, 5.74) is 0.782. The van der Waals surface area contributed by atoms with Crippen LogP contribution in [-0.2, 0) is 0 Å². The Morgan fingerprint density at radius 1 is 1.04 bits per heavy atom. The van der Waals surface area contributed by atoms with Gasteiger partial charge in [0.05, 0.1) is 0 Å². The smallest absolute Gasteiger partial charge is 0.289 e. The maximum Gasteiger partial charge on any atom is 0.289 e. The third-order valence-electron chi connectivity index (χ3n) is 5.08. The van der Waals surface area contributed by atoms with Crippen LogP contribution in [0.5, 0.6) is 0 Å². The first-order chi connectivity index (χ1) is 11.2. The van der Waals surface area contributed by atoms with Crippen molar-refractivity contribution in [3.8, 4) is 0 Å². The van der Waals surface area contributed by atoms with Gasteiger partial charge < -0.3 is 9.32 Å². The second-order valence-electron chi connectivity index (χ2n) is 6.52. The lowest BCUT2D eigenvalue weighted by Crippen LogP contribution is -2.38. The van der Waals surface area contributed by atoms with Gasteiger partial charge in [-0.05, 0) is 35.7 Å². The monoisotopic (exact) mass is 307 g/mol. The number of hydrogen-bond acceptors (Lipinski definition) is 2. The molecule has 1 fully saturated rings. The molecule has 0 unspecified atom stereocenters. The molecule has 118 valence electrons. The molecular formula is C20H21NO2. The minimum absolute atomic E-state index is 0.00261. The van der Waals surface area contributed by atoms with E-state index in [0.29, 0.717) is 11.8 Å². The molecule has 0 N–H and O–H groups in total. The number of hydrogen-bond donors (Lipinski definition) is 0. The first kappa shape index (κ1) is 14.3. The van der Waals surface area contributed by atoms with E-state index in [1.807, 2.05) is 42.3 Å². The molecule has 1 amide bonds. The molecule has 0 atom stereocenters. The van der Waals surface area contributed by atoms with E-state index in [9.17, 15) is 4.79 Å². The van der Waals surface area contributed by atoms with E-state index in [1.165, 1.54) is 24.6 Å². The third-order valence-corrected chi connectivity index (χ3v) is 5.08. The van der Waals surface area contributed by atoms with Crippen LogP contribution in [0.4, 0.5) is 0 Å². The van der Waals surface area contributed by atoms with E-state index in [4.69, 9.17) is 4.42 Å². The number of furan rings is 1. The number of nitrogens with zero attached hydrogens (tertiary/aromatic N) is 1. The van der Waals surface area contributed by atoms with E-state index < -0.39 is 0 Å². The molecule has 0 saturated heterocycles. The molecule has 1 saturated carbocycles. The van der Waals surface area contributed by atoms with Crippen LogP contribution in [0.15, 0.2) is 46.9 Å². The number of fused-ring (bicyclic) bond motifs is 3.